The summed E-state index contributed by atoms with van der Waals surface area (Å²) in [5, 5.41) is 12.0. The van der Waals surface area contributed by atoms with Crippen molar-refractivity contribution in [2.75, 3.05) is 35.8 Å². The molecule has 2 aromatic rings. The van der Waals surface area contributed by atoms with Gasteiger partial charge in [-0.1, -0.05) is 0 Å². The van der Waals surface area contributed by atoms with Crippen LogP contribution in [0, 0.1) is 0 Å². The van der Waals surface area contributed by atoms with Crippen molar-refractivity contribution in [3.05, 3.63) is 24.2 Å². The van der Waals surface area contributed by atoms with E-state index in [-0.39, 0.29) is 0 Å². The fourth-order valence-corrected chi connectivity index (χ4v) is 1.54. The molecule has 0 bridgehead atoms. The van der Waals surface area contributed by atoms with Gasteiger partial charge in [-0.2, -0.15) is 20.1 Å². The zero-order chi connectivity index (χ0) is 15.1. The number of hydrogen-bond donors (Lipinski definition) is 2. The molecule has 0 saturated carbocycles. The van der Waals surface area contributed by atoms with Crippen LogP contribution in [0.15, 0.2) is 27.9 Å². The number of anilines is 3. The molecule has 21 heavy (non-hydrogen) atoms. The van der Waals surface area contributed by atoms with Crippen molar-refractivity contribution < 1.29 is 4.42 Å². The highest BCUT2D eigenvalue weighted by Crippen LogP contribution is 2.12. The third kappa shape index (κ3) is 4.16. The van der Waals surface area contributed by atoms with Crippen LogP contribution in [0.5, 0.6) is 0 Å². The number of nitrogens with one attached hydrogen (secondary N) is 2. The first-order valence-electron chi connectivity index (χ1n) is 6.78. The Morgan fingerprint density at radius 3 is 2.38 bits per heavy atom. The number of furan rings is 1. The van der Waals surface area contributed by atoms with Crippen LogP contribution < -0.4 is 15.6 Å². The topological polar surface area (TPSA) is 91.5 Å². The molecule has 2 aromatic heterocycles. The lowest BCUT2D eigenvalue weighted by Crippen LogP contribution is -2.17. The summed E-state index contributed by atoms with van der Waals surface area (Å²) in [6.07, 6.45) is 3.19. The van der Waals surface area contributed by atoms with E-state index in [2.05, 4.69) is 30.7 Å². The summed E-state index contributed by atoms with van der Waals surface area (Å²) in [6, 6.07) is 3.62. The summed E-state index contributed by atoms with van der Waals surface area (Å²) >= 11 is 0. The fraction of sp³-hybridized carbons (Fsp3) is 0.385. The van der Waals surface area contributed by atoms with Gasteiger partial charge < -0.3 is 15.1 Å². The van der Waals surface area contributed by atoms with Crippen LogP contribution in [0.2, 0.25) is 0 Å². The van der Waals surface area contributed by atoms with Crippen molar-refractivity contribution in [1.82, 2.24) is 15.0 Å². The second kappa shape index (κ2) is 7.22. The molecule has 8 nitrogen and oxygen atoms in total. The predicted molar refractivity (Wildman–Crippen MR) is 82.9 cm³/mol. The highest BCUT2D eigenvalue weighted by molar-refractivity contribution is 5.76. The lowest BCUT2D eigenvalue weighted by Gasteiger charge is -2.13. The molecule has 0 fully saturated rings. The van der Waals surface area contributed by atoms with E-state index in [9.17, 15) is 0 Å². The average Bonchev–Trinajstić information content (AvgIpc) is 2.98. The van der Waals surface area contributed by atoms with Gasteiger partial charge in [0.05, 0.1) is 12.5 Å². The number of rotatable bonds is 7. The standard InChI is InChI=1S/C13H19N7O/c1-4-14-11-17-12(15-5-2)19-13(18-11)20(3)16-9-10-7-6-8-21-10/h6-9H,4-5H2,1-3H3,(H2,14,15,17,18,19)/b16-9-. The van der Waals surface area contributed by atoms with Gasteiger partial charge in [-0.3, -0.25) is 0 Å². The number of aromatic nitrogens is 3. The van der Waals surface area contributed by atoms with Gasteiger partial charge >= 0.3 is 0 Å². The lowest BCUT2D eigenvalue weighted by atomic mass is 10.5. The first-order chi connectivity index (χ1) is 10.2. The van der Waals surface area contributed by atoms with Crippen LogP contribution >= 0.6 is 0 Å². The Labute approximate surface area is 123 Å². The van der Waals surface area contributed by atoms with E-state index in [1.54, 1.807) is 30.6 Å². The number of hydrogen-bond acceptors (Lipinski definition) is 8. The van der Waals surface area contributed by atoms with Crippen molar-refractivity contribution in [1.29, 1.82) is 0 Å². The van der Waals surface area contributed by atoms with Crippen molar-refractivity contribution in [3.63, 3.8) is 0 Å². The van der Waals surface area contributed by atoms with Crippen LogP contribution in [0.4, 0.5) is 17.8 Å². The van der Waals surface area contributed by atoms with Gasteiger partial charge in [-0.05, 0) is 26.0 Å². The monoisotopic (exact) mass is 289 g/mol. The summed E-state index contributed by atoms with van der Waals surface area (Å²) in [6.45, 7) is 5.42. The van der Waals surface area contributed by atoms with E-state index in [4.69, 9.17) is 4.42 Å². The van der Waals surface area contributed by atoms with E-state index in [0.29, 0.717) is 23.6 Å². The molecule has 0 spiro atoms. The molecule has 0 aliphatic heterocycles. The summed E-state index contributed by atoms with van der Waals surface area (Å²) < 4.78 is 5.19. The molecular formula is C13H19N7O. The van der Waals surface area contributed by atoms with Crippen LogP contribution in [0.3, 0.4) is 0 Å². The molecular weight excluding hydrogens is 270 g/mol. The molecule has 0 aliphatic rings. The minimum absolute atomic E-state index is 0.444. The smallest absolute Gasteiger partial charge is 0.252 e. The minimum Gasteiger partial charge on any atom is -0.463 e. The molecule has 0 aromatic carbocycles. The first-order valence-corrected chi connectivity index (χ1v) is 6.78. The molecule has 2 heterocycles. The SMILES string of the molecule is CCNc1nc(NCC)nc(N(C)/N=C\c2ccco2)n1. The highest BCUT2D eigenvalue weighted by atomic mass is 16.3. The largest absolute Gasteiger partial charge is 0.463 e. The Kier molecular flexibility index (Phi) is 5.08. The summed E-state index contributed by atoms with van der Waals surface area (Å²) in [4.78, 5) is 12.9. The van der Waals surface area contributed by atoms with Gasteiger partial charge in [0.25, 0.3) is 5.95 Å². The predicted octanol–water partition coefficient (Wildman–Crippen LogP) is 1.80. The van der Waals surface area contributed by atoms with Crippen LogP contribution in [0.25, 0.3) is 0 Å². The molecule has 0 atom stereocenters. The number of hydrazone groups is 1. The quantitative estimate of drug-likeness (QED) is 0.593. The van der Waals surface area contributed by atoms with Gasteiger partial charge in [0.2, 0.25) is 11.9 Å². The molecule has 0 radical (unpaired) electrons. The van der Waals surface area contributed by atoms with E-state index in [1.807, 2.05) is 19.9 Å². The minimum atomic E-state index is 0.444. The average molecular weight is 289 g/mol. The second-order valence-electron chi connectivity index (χ2n) is 4.13. The second-order valence-corrected chi connectivity index (χ2v) is 4.13. The van der Waals surface area contributed by atoms with E-state index in [0.717, 1.165) is 13.1 Å². The van der Waals surface area contributed by atoms with E-state index >= 15 is 0 Å². The van der Waals surface area contributed by atoms with E-state index < -0.39 is 0 Å². The Morgan fingerprint density at radius 1 is 1.19 bits per heavy atom. The molecule has 2 N–H and O–H groups in total. The molecule has 2 rings (SSSR count). The lowest BCUT2D eigenvalue weighted by molar-refractivity contribution is 0.560. The van der Waals surface area contributed by atoms with Gasteiger partial charge in [-0.15, -0.1) is 0 Å². The van der Waals surface area contributed by atoms with Crippen LogP contribution in [-0.2, 0) is 0 Å². The normalized spacial score (nSPS) is 10.8. The molecule has 0 unspecified atom stereocenters. The van der Waals surface area contributed by atoms with Gasteiger partial charge in [0, 0.05) is 20.1 Å². The zero-order valence-corrected chi connectivity index (χ0v) is 12.4. The third-order valence-electron chi connectivity index (χ3n) is 2.48. The third-order valence-corrected chi connectivity index (χ3v) is 2.48. The van der Waals surface area contributed by atoms with E-state index in [1.165, 1.54) is 0 Å². The molecule has 0 aliphatic carbocycles. The van der Waals surface area contributed by atoms with Gasteiger partial charge in [-0.25, -0.2) is 5.01 Å². The maximum Gasteiger partial charge on any atom is 0.252 e. The Hall–Kier alpha value is -2.64. The maximum atomic E-state index is 5.19. The van der Waals surface area contributed by atoms with Gasteiger partial charge in [0.15, 0.2) is 0 Å². The zero-order valence-electron chi connectivity index (χ0n) is 12.4. The molecule has 112 valence electrons. The first kappa shape index (κ1) is 14.8. The van der Waals surface area contributed by atoms with Crippen molar-refractivity contribution in [3.8, 4) is 0 Å². The van der Waals surface area contributed by atoms with Crippen molar-refractivity contribution in [2.45, 2.75) is 13.8 Å². The molecule has 0 saturated heterocycles. The summed E-state index contributed by atoms with van der Waals surface area (Å²) in [7, 11) is 1.76. The fourth-order valence-electron chi connectivity index (χ4n) is 1.54. The van der Waals surface area contributed by atoms with Crippen molar-refractivity contribution in [2.24, 2.45) is 5.10 Å². The molecule has 0 amide bonds. The number of nitrogens with zero attached hydrogens (tertiary/aromatic N) is 5. The Balaban J connectivity index is 2.19. The molecule has 8 heteroatoms. The van der Waals surface area contributed by atoms with Crippen LogP contribution in [0.1, 0.15) is 19.6 Å². The maximum absolute atomic E-state index is 5.19. The van der Waals surface area contributed by atoms with Crippen LogP contribution in [-0.4, -0.2) is 41.3 Å². The highest BCUT2D eigenvalue weighted by Gasteiger charge is 2.09. The van der Waals surface area contributed by atoms with Gasteiger partial charge in [0.1, 0.15) is 5.76 Å². The Bertz CT molecular complexity index is 558. The summed E-state index contributed by atoms with van der Waals surface area (Å²) in [5.74, 6) is 2.13. The Morgan fingerprint density at radius 2 is 1.86 bits per heavy atom. The summed E-state index contributed by atoms with van der Waals surface area (Å²) in [5.41, 5.74) is 0. The van der Waals surface area contributed by atoms with Crippen molar-refractivity contribution >= 4 is 24.1 Å².